The zero-order valence-electron chi connectivity index (χ0n) is 14.0. The lowest BCUT2D eigenvalue weighted by molar-refractivity contribution is -0.120. The molecule has 0 bridgehead atoms. The monoisotopic (exact) mass is 348 g/mol. The van der Waals surface area contributed by atoms with Crippen molar-refractivity contribution < 1.29 is 9.18 Å². The average Bonchev–Trinajstić information content (AvgIpc) is 3.00. The van der Waals surface area contributed by atoms with E-state index in [-0.39, 0.29) is 23.0 Å². The summed E-state index contributed by atoms with van der Waals surface area (Å²) in [6, 6.07) is 6.16. The molecule has 5 nitrogen and oxygen atoms in total. The van der Waals surface area contributed by atoms with Gasteiger partial charge in [-0.15, -0.1) is 5.10 Å². The van der Waals surface area contributed by atoms with Crippen molar-refractivity contribution in [3.63, 3.8) is 0 Å². The number of H-pyrrole nitrogens is 1. The van der Waals surface area contributed by atoms with E-state index in [1.807, 2.05) is 26.8 Å². The van der Waals surface area contributed by atoms with Crippen molar-refractivity contribution in [2.75, 3.05) is 5.75 Å². The zero-order chi connectivity index (χ0) is 17.6. The first-order valence-electron chi connectivity index (χ1n) is 7.68. The summed E-state index contributed by atoms with van der Waals surface area (Å²) in [6.45, 7) is 6.00. The van der Waals surface area contributed by atoms with Crippen molar-refractivity contribution in [1.82, 2.24) is 20.5 Å². The van der Waals surface area contributed by atoms with Gasteiger partial charge >= 0.3 is 0 Å². The highest BCUT2D eigenvalue weighted by atomic mass is 32.2. The smallest absolute Gasteiger partial charge is 0.230 e. The standard InChI is InChI=1S/C17H21FN4OS/c1-4-17(2,3)20-15(23)11-24-16-19-14(21-22-16)10-7-12-5-8-13(18)9-6-12/h5-10H,4,11H2,1-3H3,(H,20,23)(H,19,21,22)/b10-7+. The van der Waals surface area contributed by atoms with Gasteiger partial charge in [0.25, 0.3) is 0 Å². The minimum atomic E-state index is -0.268. The highest BCUT2D eigenvalue weighted by Gasteiger charge is 2.18. The predicted octanol–water partition coefficient (Wildman–Crippen LogP) is 3.51. The molecule has 7 heteroatoms. The molecule has 1 amide bonds. The van der Waals surface area contributed by atoms with Crippen LogP contribution in [0.2, 0.25) is 0 Å². The molecule has 1 aromatic carbocycles. The number of carbonyl (C=O) groups excluding carboxylic acids is 1. The van der Waals surface area contributed by atoms with Gasteiger partial charge in [0.1, 0.15) is 11.6 Å². The molecule has 2 aromatic rings. The number of nitrogens with zero attached hydrogens (tertiary/aromatic N) is 2. The van der Waals surface area contributed by atoms with Crippen molar-refractivity contribution >= 4 is 29.8 Å². The molecule has 0 aliphatic carbocycles. The fourth-order valence-corrected chi connectivity index (χ4v) is 2.38. The molecule has 128 valence electrons. The van der Waals surface area contributed by atoms with E-state index in [4.69, 9.17) is 0 Å². The van der Waals surface area contributed by atoms with Gasteiger partial charge in [0.2, 0.25) is 11.1 Å². The van der Waals surface area contributed by atoms with Gasteiger partial charge in [0, 0.05) is 5.54 Å². The molecular weight excluding hydrogens is 327 g/mol. The van der Waals surface area contributed by atoms with Crippen LogP contribution in [0.3, 0.4) is 0 Å². The topological polar surface area (TPSA) is 70.7 Å². The number of aromatic amines is 1. The van der Waals surface area contributed by atoms with Gasteiger partial charge in [0.05, 0.1) is 5.75 Å². The predicted molar refractivity (Wildman–Crippen MR) is 94.9 cm³/mol. The maximum absolute atomic E-state index is 12.8. The summed E-state index contributed by atoms with van der Waals surface area (Å²) >= 11 is 1.28. The number of aromatic nitrogens is 3. The summed E-state index contributed by atoms with van der Waals surface area (Å²) in [5.41, 5.74) is 0.655. The molecule has 0 radical (unpaired) electrons. The number of amides is 1. The van der Waals surface area contributed by atoms with E-state index in [9.17, 15) is 9.18 Å². The number of nitrogens with one attached hydrogen (secondary N) is 2. The Hall–Kier alpha value is -2.15. The normalized spacial score (nSPS) is 11.8. The molecule has 0 atom stereocenters. The lowest BCUT2D eigenvalue weighted by Crippen LogP contribution is -2.43. The van der Waals surface area contributed by atoms with Crippen molar-refractivity contribution in [3.05, 3.63) is 41.5 Å². The minimum absolute atomic E-state index is 0.0416. The Morgan fingerprint density at radius 3 is 2.71 bits per heavy atom. The number of carbonyl (C=O) groups is 1. The van der Waals surface area contributed by atoms with Gasteiger partial charge < -0.3 is 5.32 Å². The molecule has 0 aliphatic heterocycles. The molecule has 24 heavy (non-hydrogen) atoms. The van der Waals surface area contributed by atoms with Gasteiger partial charge in [-0.1, -0.05) is 36.9 Å². The van der Waals surface area contributed by atoms with Crippen LogP contribution in [0.25, 0.3) is 12.2 Å². The molecule has 0 saturated carbocycles. The van der Waals surface area contributed by atoms with Gasteiger partial charge in [-0.25, -0.2) is 9.37 Å². The average molecular weight is 348 g/mol. The molecule has 1 heterocycles. The number of hydrogen-bond donors (Lipinski definition) is 2. The summed E-state index contributed by atoms with van der Waals surface area (Å²) in [4.78, 5) is 16.2. The first-order valence-corrected chi connectivity index (χ1v) is 8.66. The third kappa shape index (κ3) is 5.81. The quantitative estimate of drug-likeness (QED) is 0.751. The van der Waals surface area contributed by atoms with Crippen LogP contribution < -0.4 is 5.32 Å². The summed E-state index contributed by atoms with van der Waals surface area (Å²) in [7, 11) is 0. The maximum Gasteiger partial charge on any atom is 0.230 e. The molecule has 0 saturated heterocycles. The highest BCUT2D eigenvalue weighted by Crippen LogP contribution is 2.14. The SMILES string of the molecule is CCC(C)(C)NC(=O)CSc1n[nH]c(/C=C/c2ccc(F)cc2)n1. The Kier molecular flexibility index (Phi) is 6.14. The fourth-order valence-electron chi connectivity index (χ4n) is 1.78. The van der Waals surface area contributed by atoms with Crippen LogP contribution in [-0.4, -0.2) is 32.4 Å². The molecular formula is C17H21FN4OS. The fraction of sp³-hybridized carbons (Fsp3) is 0.353. The van der Waals surface area contributed by atoms with Crippen LogP contribution in [0.5, 0.6) is 0 Å². The summed E-state index contributed by atoms with van der Waals surface area (Å²) in [5, 5.41) is 10.3. The minimum Gasteiger partial charge on any atom is -0.351 e. The van der Waals surface area contributed by atoms with Gasteiger partial charge in [-0.3, -0.25) is 9.89 Å². The molecule has 0 aliphatic rings. The highest BCUT2D eigenvalue weighted by molar-refractivity contribution is 7.99. The van der Waals surface area contributed by atoms with Crippen molar-refractivity contribution in [2.24, 2.45) is 0 Å². The van der Waals surface area contributed by atoms with Gasteiger partial charge in [-0.2, -0.15) is 0 Å². The van der Waals surface area contributed by atoms with E-state index in [1.54, 1.807) is 18.2 Å². The Morgan fingerprint density at radius 2 is 2.04 bits per heavy atom. The summed E-state index contributed by atoms with van der Waals surface area (Å²) < 4.78 is 12.8. The third-order valence-electron chi connectivity index (χ3n) is 3.48. The first-order chi connectivity index (χ1) is 11.4. The Bertz CT molecular complexity index is 710. The maximum atomic E-state index is 12.8. The van der Waals surface area contributed by atoms with Crippen molar-refractivity contribution in [1.29, 1.82) is 0 Å². The largest absolute Gasteiger partial charge is 0.351 e. The van der Waals surface area contributed by atoms with Crippen LogP contribution in [-0.2, 0) is 4.79 Å². The zero-order valence-corrected chi connectivity index (χ0v) is 14.8. The van der Waals surface area contributed by atoms with Crippen LogP contribution in [0, 0.1) is 5.82 Å². The van der Waals surface area contributed by atoms with Crippen LogP contribution in [0.1, 0.15) is 38.6 Å². The first kappa shape index (κ1) is 18.2. The molecule has 0 fully saturated rings. The van der Waals surface area contributed by atoms with E-state index in [0.29, 0.717) is 11.0 Å². The number of benzene rings is 1. The lowest BCUT2D eigenvalue weighted by atomic mass is 10.0. The third-order valence-corrected chi connectivity index (χ3v) is 4.33. The van der Waals surface area contributed by atoms with Gasteiger partial charge in [0.15, 0.2) is 0 Å². The number of rotatable bonds is 7. The van der Waals surface area contributed by atoms with E-state index in [0.717, 1.165) is 12.0 Å². The van der Waals surface area contributed by atoms with Crippen molar-refractivity contribution in [3.8, 4) is 0 Å². The summed E-state index contributed by atoms with van der Waals surface area (Å²) in [5.74, 6) is 0.536. The second kappa shape index (κ2) is 8.10. The Balaban J connectivity index is 1.87. The van der Waals surface area contributed by atoms with Crippen LogP contribution >= 0.6 is 11.8 Å². The van der Waals surface area contributed by atoms with Gasteiger partial charge in [-0.05, 0) is 44.0 Å². The number of thioether (sulfide) groups is 1. The Morgan fingerprint density at radius 1 is 1.33 bits per heavy atom. The summed E-state index contributed by atoms with van der Waals surface area (Å²) in [6.07, 6.45) is 4.43. The molecule has 1 aromatic heterocycles. The second-order valence-corrected chi connectivity index (χ2v) is 6.90. The van der Waals surface area contributed by atoms with Crippen LogP contribution in [0.15, 0.2) is 29.4 Å². The van der Waals surface area contributed by atoms with Crippen molar-refractivity contribution in [2.45, 2.75) is 37.9 Å². The molecule has 2 rings (SSSR count). The molecule has 0 unspecified atom stereocenters. The molecule has 0 spiro atoms. The van der Waals surface area contributed by atoms with E-state index < -0.39 is 0 Å². The molecule has 2 N–H and O–H groups in total. The second-order valence-electron chi connectivity index (χ2n) is 5.96. The van der Waals surface area contributed by atoms with E-state index in [2.05, 4.69) is 20.5 Å². The number of halogens is 1. The Labute approximate surface area is 145 Å². The van der Waals surface area contributed by atoms with Crippen LogP contribution in [0.4, 0.5) is 4.39 Å². The van der Waals surface area contributed by atoms with E-state index in [1.165, 1.54) is 23.9 Å². The number of hydrogen-bond acceptors (Lipinski definition) is 4. The lowest BCUT2D eigenvalue weighted by Gasteiger charge is -2.24. The van der Waals surface area contributed by atoms with E-state index >= 15 is 0 Å².